The number of anilines is 1. The van der Waals surface area contributed by atoms with Crippen LogP contribution in [0.15, 0.2) is 59.6 Å². The summed E-state index contributed by atoms with van der Waals surface area (Å²) in [6.07, 6.45) is 1.91. The van der Waals surface area contributed by atoms with E-state index in [2.05, 4.69) is 22.4 Å². The Hall–Kier alpha value is -1.76. The summed E-state index contributed by atoms with van der Waals surface area (Å²) >= 11 is 0. The number of ether oxygens (including phenoxy) is 1. The van der Waals surface area contributed by atoms with Crippen molar-refractivity contribution < 1.29 is 4.74 Å². The highest BCUT2D eigenvalue weighted by atomic mass is 127. The maximum Gasteiger partial charge on any atom is 0.193 e. The highest BCUT2D eigenvalue weighted by Crippen LogP contribution is 2.13. The van der Waals surface area contributed by atoms with Crippen LogP contribution in [0.1, 0.15) is 12.0 Å². The van der Waals surface area contributed by atoms with Crippen molar-refractivity contribution in [1.82, 2.24) is 0 Å². The lowest BCUT2D eigenvalue weighted by molar-refractivity contribution is 0.414. The fourth-order valence-corrected chi connectivity index (χ4v) is 2.02. The molecule has 22 heavy (non-hydrogen) atoms. The maximum atomic E-state index is 5.85. The van der Waals surface area contributed by atoms with Crippen LogP contribution in [-0.2, 0) is 6.42 Å². The lowest BCUT2D eigenvalue weighted by atomic mass is 10.1. The molecule has 0 radical (unpaired) electrons. The number of guanidine groups is 1. The molecule has 0 fully saturated rings. The first-order valence-electron chi connectivity index (χ1n) is 7.03. The summed E-state index contributed by atoms with van der Waals surface area (Å²) in [4.78, 5) is 4.33. The minimum absolute atomic E-state index is 0. The third-order valence-electron chi connectivity index (χ3n) is 3.09. The Kier molecular flexibility index (Phi) is 8.35. The van der Waals surface area contributed by atoms with Crippen molar-refractivity contribution in [2.75, 3.05) is 19.0 Å². The molecular formula is C17H22IN3O. The van der Waals surface area contributed by atoms with Gasteiger partial charge in [-0.15, -0.1) is 24.0 Å². The summed E-state index contributed by atoms with van der Waals surface area (Å²) in [7, 11) is 1.68. The SMILES string of the molecule is COc1cccc(CCCN=C(N)Nc2ccccc2)c1.I. The van der Waals surface area contributed by atoms with Gasteiger partial charge in [-0.2, -0.15) is 0 Å². The molecule has 5 heteroatoms. The smallest absolute Gasteiger partial charge is 0.193 e. The minimum atomic E-state index is 0. The second-order valence-corrected chi connectivity index (χ2v) is 4.71. The number of methoxy groups -OCH3 is 1. The zero-order valence-electron chi connectivity index (χ0n) is 12.7. The molecule has 0 aromatic heterocycles. The van der Waals surface area contributed by atoms with E-state index in [0.717, 1.165) is 24.3 Å². The summed E-state index contributed by atoms with van der Waals surface area (Å²) in [5, 5.41) is 3.07. The summed E-state index contributed by atoms with van der Waals surface area (Å²) in [6.45, 7) is 0.697. The van der Waals surface area contributed by atoms with Crippen molar-refractivity contribution in [3.8, 4) is 5.75 Å². The molecule has 0 saturated carbocycles. The number of hydrogen-bond acceptors (Lipinski definition) is 2. The van der Waals surface area contributed by atoms with Crippen LogP contribution in [0.4, 0.5) is 5.69 Å². The van der Waals surface area contributed by atoms with Crippen LogP contribution in [0.3, 0.4) is 0 Å². The van der Waals surface area contributed by atoms with E-state index in [4.69, 9.17) is 10.5 Å². The van der Waals surface area contributed by atoms with E-state index >= 15 is 0 Å². The largest absolute Gasteiger partial charge is 0.497 e. The minimum Gasteiger partial charge on any atom is -0.497 e. The van der Waals surface area contributed by atoms with Crippen molar-refractivity contribution in [2.45, 2.75) is 12.8 Å². The lowest BCUT2D eigenvalue weighted by Gasteiger charge is -2.06. The van der Waals surface area contributed by atoms with E-state index in [1.54, 1.807) is 7.11 Å². The number of nitrogens with one attached hydrogen (secondary N) is 1. The maximum absolute atomic E-state index is 5.85. The van der Waals surface area contributed by atoms with E-state index in [-0.39, 0.29) is 24.0 Å². The van der Waals surface area contributed by atoms with E-state index < -0.39 is 0 Å². The van der Waals surface area contributed by atoms with Gasteiger partial charge in [0.15, 0.2) is 5.96 Å². The zero-order chi connectivity index (χ0) is 14.9. The predicted molar refractivity (Wildman–Crippen MR) is 103 cm³/mol. The molecule has 0 unspecified atom stereocenters. The first-order chi connectivity index (χ1) is 10.3. The Morgan fingerprint density at radius 1 is 1.14 bits per heavy atom. The molecule has 0 bridgehead atoms. The standard InChI is InChI=1S/C17H21N3O.HI/c1-21-16-11-5-7-14(13-16)8-6-12-19-17(18)20-15-9-3-2-4-10-15;/h2-5,7,9-11,13H,6,8,12H2,1H3,(H3,18,19,20);1H. The van der Waals surface area contributed by atoms with Crippen LogP contribution in [0.2, 0.25) is 0 Å². The predicted octanol–water partition coefficient (Wildman–Crippen LogP) is 3.67. The molecule has 2 aromatic carbocycles. The van der Waals surface area contributed by atoms with Gasteiger partial charge >= 0.3 is 0 Å². The van der Waals surface area contributed by atoms with Crippen LogP contribution in [0, 0.1) is 0 Å². The fourth-order valence-electron chi connectivity index (χ4n) is 2.02. The first-order valence-corrected chi connectivity index (χ1v) is 7.03. The van der Waals surface area contributed by atoms with Crippen LogP contribution in [-0.4, -0.2) is 19.6 Å². The van der Waals surface area contributed by atoms with Gasteiger partial charge in [0.2, 0.25) is 0 Å². The summed E-state index contributed by atoms with van der Waals surface area (Å²) < 4.78 is 5.21. The van der Waals surface area contributed by atoms with Crippen molar-refractivity contribution in [3.05, 3.63) is 60.2 Å². The van der Waals surface area contributed by atoms with Gasteiger partial charge in [0, 0.05) is 12.2 Å². The molecule has 0 spiro atoms. The average Bonchev–Trinajstić information content (AvgIpc) is 2.53. The van der Waals surface area contributed by atoms with Gasteiger partial charge in [0.1, 0.15) is 5.75 Å². The molecule has 0 amide bonds. The van der Waals surface area contributed by atoms with Crippen molar-refractivity contribution in [2.24, 2.45) is 10.7 Å². The molecule has 0 aliphatic rings. The fraction of sp³-hybridized carbons (Fsp3) is 0.235. The number of aryl methyl sites for hydroxylation is 1. The highest BCUT2D eigenvalue weighted by molar-refractivity contribution is 14.0. The number of rotatable bonds is 6. The molecule has 0 aliphatic heterocycles. The number of nitrogens with two attached hydrogens (primary N) is 1. The quantitative estimate of drug-likeness (QED) is 0.330. The topological polar surface area (TPSA) is 59.6 Å². The van der Waals surface area contributed by atoms with Gasteiger partial charge in [-0.3, -0.25) is 4.99 Å². The molecule has 3 N–H and O–H groups in total. The number of halogens is 1. The Morgan fingerprint density at radius 2 is 1.91 bits per heavy atom. The molecule has 2 aromatic rings. The first kappa shape index (κ1) is 18.3. The van der Waals surface area contributed by atoms with Crippen LogP contribution >= 0.6 is 24.0 Å². The number of para-hydroxylation sites is 1. The molecule has 0 aliphatic carbocycles. The van der Waals surface area contributed by atoms with Crippen molar-refractivity contribution in [1.29, 1.82) is 0 Å². The Morgan fingerprint density at radius 3 is 2.64 bits per heavy atom. The lowest BCUT2D eigenvalue weighted by Crippen LogP contribution is -2.22. The zero-order valence-corrected chi connectivity index (χ0v) is 15.0. The van der Waals surface area contributed by atoms with Gasteiger partial charge in [0.05, 0.1) is 7.11 Å². The third-order valence-corrected chi connectivity index (χ3v) is 3.09. The van der Waals surface area contributed by atoms with E-state index in [0.29, 0.717) is 12.5 Å². The van der Waals surface area contributed by atoms with Gasteiger partial charge in [-0.25, -0.2) is 0 Å². The number of benzene rings is 2. The summed E-state index contributed by atoms with van der Waals surface area (Å²) in [5.41, 5.74) is 8.05. The highest BCUT2D eigenvalue weighted by Gasteiger charge is 1.97. The monoisotopic (exact) mass is 411 g/mol. The third kappa shape index (κ3) is 6.34. The molecule has 4 nitrogen and oxygen atoms in total. The molecule has 2 rings (SSSR count). The molecule has 118 valence electrons. The van der Waals surface area contributed by atoms with Crippen molar-refractivity contribution >= 4 is 35.6 Å². The summed E-state index contributed by atoms with van der Waals surface area (Å²) in [5.74, 6) is 1.34. The second-order valence-electron chi connectivity index (χ2n) is 4.71. The van der Waals surface area contributed by atoms with Crippen LogP contribution < -0.4 is 15.8 Å². The van der Waals surface area contributed by atoms with Gasteiger partial charge in [-0.05, 0) is 42.7 Å². The Bertz CT molecular complexity index is 587. The molecule has 0 atom stereocenters. The molecule has 0 heterocycles. The Labute approximate surface area is 148 Å². The van der Waals surface area contributed by atoms with Crippen LogP contribution in [0.25, 0.3) is 0 Å². The molecule has 0 saturated heterocycles. The summed E-state index contributed by atoms with van der Waals surface area (Å²) in [6, 6.07) is 17.9. The van der Waals surface area contributed by atoms with Gasteiger partial charge in [-0.1, -0.05) is 30.3 Å². The van der Waals surface area contributed by atoms with E-state index in [9.17, 15) is 0 Å². The van der Waals surface area contributed by atoms with Gasteiger partial charge in [0.25, 0.3) is 0 Å². The number of hydrogen-bond donors (Lipinski definition) is 2. The molecular weight excluding hydrogens is 389 g/mol. The van der Waals surface area contributed by atoms with E-state index in [1.165, 1.54) is 5.56 Å². The van der Waals surface area contributed by atoms with Gasteiger partial charge < -0.3 is 15.8 Å². The van der Waals surface area contributed by atoms with E-state index in [1.807, 2.05) is 42.5 Å². The Balaban J connectivity index is 0.00000242. The average molecular weight is 411 g/mol. The normalized spacial score (nSPS) is 10.7. The second kappa shape index (κ2) is 10.0. The van der Waals surface area contributed by atoms with Crippen molar-refractivity contribution in [3.63, 3.8) is 0 Å². The van der Waals surface area contributed by atoms with Crippen LogP contribution in [0.5, 0.6) is 5.75 Å². The number of nitrogens with zero attached hydrogens (tertiary/aromatic N) is 1. The number of aliphatic imine (C=N–C) groups is 1.